The molecule has 0 aromatic carbocycles. The minimum atomic E-state index is -0.124. The molecule has 4 N–H and O–H groups in total. The number of nitrogens with zero attached hydrogens (tertiary/aromatic N) is 2. The molecule has 0 atom stereocenters. The maximum atomic E-state index is 12.1. The maximum absolute atomic E-state index is 12.1. The summed E-state index contributed by atoms with van der Waals surface area (Å²) in [6.45, 7) is 5.93. The van der Waals surface area contributed by atoms with E-state index in [9.17, 15) is 4.79 Å². The highest BCUT2D eigenvalue weighted by Crippen LogP contribution is 2.30. The van der Waals surface area contributed by atoms with Gasteiger partial charge in [-0.05, 0) is 46.7 Å². The van der Waals surface area contributed by atoms with Gasteiger partial charge in [0.2, 0.25) is 0 Å². The van der Waals surface area contributed by atoms with Crippen LogP contribution in [0.3, 0.4) is 0 Å². The van der Waals surface area contributed by atoms with Gasteiger partial charge in [-0.2, -0.15) is 0 Å². The number of anilines is 2. The Balaban J connectivity index is 1.76. The van der Waals surface area contributed by atoms with Gasteiger partial charge in [-0.1, -0.05) is 11.3 Å². The molecule has 1 fully saturated rings. The lowest BCUT2D eigenvalue weighted by Gasteiger charge is -2.20. The number of hydrogen-bond acceptors (Lipinski definition) is 6. The first kappa shape index (κ1) is 16.0. The van der Waals surface area contributed by atoms with Crippen LogP contribution in [0.25, 0.3) is 0 Å². The number of carbonyl (C=O) groups excluding carboxylic acids is 1. The third-order valence-corrected chi connectivity index (χ3v) is 4.62. The molecule has 2 rings (SSSR count). The zero-order valence-corrected chi connectivity index (χ0v) is 13.8. The van der Waals surface area contributed by atoms with Crippen molar-refractivity contribution in [2.75, 3.05) is 31.2 Å². The minimum absolute atomic E-state index is 0.124. The molecule has 1 aromatic rings. The fraction of sp³-hybridized carbons (Fsp3) is 0.714. The van der Waals surface area contributed by atoms with Crippen LogP contribution < -0.4 is 16.4 Å². The molecule has 1 heterocycles. The zero-order valence-electron chi connectivity index (χ0n) is 13.0. The van der Waals surface area contributed by atoms with Crippen molar-refractivity contribution in [3.8, 4) is 0 Å². The Hall–Kier alpha value is -1.34. The van der Waals surface area contributed by atoms with Crippen LogP contribution in [0, 0.1) is 0 Å². The van der Waals surface area contributed by atoms with Crippen LogP contribution in [0.4, 0.5) is 10.9 Å². The van der Waals surface area contributed by atoms with Crippen LogP contribution in [0.15, 0.2) is 0 Å². The van der Waals surface area contributed by atoms with Gasteiger partial charge in [0.1, 0.15) is 10.7 Å². The summed E-state index contributed by atoms with van der Waals surface area (Å²) in [4.78, 5) is 19.1. The average Bonchev–Trinajstić information content (AvgIpc) is 3.16. The number of carbonyl (C=O) groups is 1. The van der Waals surface area contributed by atoms with Gasteiger partial charge < -0.3 is 21.3 Å². The number of hydrogen-bond donors (Lipinski definition) is 3. The second kappa shape index (κ2) is 7.09. The topological polar surface area (TPSA) is 83.3 Å². The van der Waals surface area contributed by atoms with Gasteiger partial charge in [0, 0.05) is 18.6 Å². The van der Waals surface area contributed by atoms with Crippen molar-refractivity contribution in [2.45, 2.75) is 45.2 Å². The number of nitrogens with one attached hydrogen (secondary N) is 2. The Morgan fingerprint density at radius 2 is 2.24 bits per heavy atom. The highest BCUT2D eigenvalue weighted by Gasteiger charge is 2.24. The van der Waals surface area contributed by atoms with Crippen LogP contribution in [0.2, 0.25) is 0 Å². The lowest BCUT2D eigenvalue weighted by molar-refractivity contribution is 0.0956. The molecule has 0 bridgehead atoms. The van der Waals surface area contributed by atoms with Crippen molar-refractivity contribution in [3.05, 3.63) is 4.88 Å². The SMILES string of the molecule is CC(C)N(C)CCCNC(=O)c1sc(NC2CC2)nc1N. The average molecular weight is 311 g/mol. The Morgan fingerprint density at radius 1 is 1.52 bits per heavy atom. The van der Waals surface area contributed by atoms with Crippen LogP contribution in [-0.2, 0) is 0 Å². The van der Waals surface area contributed by atoms with Crippen molar-refractivity contribution in [3.63, 3.8) is 0 Å². The van der Waals surface area contributed by atoms with E-state index < -0.39 is 0 Å². The maximum Gasteiger partial charge on any atom is 0.265 e. The summed E-state index contributed by atoms with van der Waals surface area (Å²) in [7, 11) is 2.09. The molecule has 1 amide bonds. The van der Waals surface area contributed by atoms with Crippen molar-refractivity contribution in [1.29, 1.82) is 0 Å². The van der Waals surface area contributed by atoms with Gasteiger partial charge in [0.25, 0.3) is 5.91 Å². The summed E-state index contributed by atoms with van der Waals surface area (Å²) < 4.78 is 0. The molecule has 0 spiro atoms. The summed E-state index contributed by atoms with van der Waals surface area (Å²) in [5.41, 5.74) is 5.82. The first-order chi connectivity index (χ1) is 9.97. The largest absolute Gasteiger partial charge is 0.382 e. The summed E-state index contributed by atoms with van der Waals surface area (Å²) >= 11 is 1.34. The number of amides is 1. The second-order valence-corrected chi connectivity index (χ2v) is 6.83. The molecular weight excluding hydrogens is 286 g/mol. The monoisotopic (exact) mass is 311 g/mol. The van der Waals surface area contributed by atoms with E-state index in [2.05, 4.69) is 41.4 Å². The molecule has 0 radical (unpaired) electrons. The van der Waals surface area contributed by atoms with E-state index in [1.807, 2.05) is 0 Å². The van der Waals surface area contributed by atoms with E-state index in [4.69, 9.17) is 5.73 Å². The predicted octanol–water partition coefficient (Wildman–Crippen LogP) is 1.76. The van der Waals surface area contributed by atoms with Gasteiger partial charge in [-0.15, -0.1) is 0 Å². The molecule has 7 heteroatoms. The lowest BCUT2D eigenvalue weighted by Crippen LogP contribution is -2.31. The van der Waals surface area contributed by atoms with E-state index >= 15 is 0 Å². The number of nitrogen functional groups attached to an aromatic ring is 1. The van der Waals surface area contributed by atoms with E-state index in [0.29, 0.717) is 29.3 Å². The second-order valence-electron chi connectivity index (χ2n) is 5.84. The van der Waals surface area contributed by atoms with E-state index in [1.54, 1.807) is 0 Å². The molecule has 1 aromatic heterocycles. The molecule has 0 saturated heterocycles. The van der Waals surface area contributed by atoms with E-state index in [1.165, 1.54) is 24.2 Å². The van der Waals surface area contributed by atoms with Gasteiger partial charge in [0.05, 0.1) is 0 Å². The zero-order chi connectivity index (χ0) is 15.4. The number of aromatic nitrogens is 1. The number of nitrogens with two attached hydrogens (primary N) is 1. The van der Waals surface area contributed by atoms with Crippen LogP contribution in [0.5, 0.6) is 0 Å². The fourth-order valence-corrected chi connectivity index (χ4v) is 2.71. The molecule has 1 aliphatic rings. The van der Waals surface area contributed by atoms with Gasteiger partial charge >= 0.3 is 0 Å². The fourth-order valence-electron chi connectivity index (χ4n) is 1.83. The Bertz CT molecular complexity index is 484. The summed E-state index contributed by atoms with van der Waals surface area (Å²) in [5, 5.41) is 6.93. The molecular formula is C14H25N5OS. The Kier molecular flexibility index (Phi) is 5.41. The van der Waals surface area contributed by atoms with E-state index in [0.717, 1.165) is 18.1 Å². The van der Waals surface area contributed by atoms with Gasteiger partial charge in [0.15, 0.2) is 5.13 Å². The van der Waals surface area contributed by atoms with Crippen LogP contribution in [-0.4, -0.2) is 48.0 Å². The van der Waals surface area contributed by atoms with Crippen LogP contribution in [0.1, 0.15) is 42.8 Å². The summed E-state index contributed by atoms with van der Waals surface area (Å²) in [6.07, 6.45) is 3.26. The third kappa shape index (κ3) is 4.86. The minimum Gasteiger partial charge on any atom is -0.382 e. The molecule has 1 saturated carbocycles. The Morgan fingerprint density at radius 3 is 2.86 bits per heavy atom. The first-order valence-electron chi connectivity index (χ1n) is 7.48. The standard InChI is InChI=1S/C14H25N5OS/c1-9(2)19(3)8-4-7-16-13(20)11-12(15)18-14(21-11)17-10-5-6-10/h9-10H,4-8,15H2,1-3H3,(H,16,20)(H,17,18). The molecule has 6 nitrogen and oxygen atoms in total. The summed E-state index contributed by atoms with van der Waals surface area (Å²) in [6, 6.07) is 1.03. The number of thiazole rings is 1. The Labute approximate surface area is 130 Å². The smallest absolute Gasteiger partial charge is 0.265 e. The summed E-state index contributed by atoms with van der Waals surface area (Å²) in [5.74, 6) is 0.195. The van der Waals surface area contributed by atoms with E-state index in [-0.39, 0.29) is 5.91 Å². The molecule has 0 unspecified atom stereocenters. The first-order valence-corrected chi connectivity index (χ1v) is 8.30. The highest BCUT2D eigenvalue weighted by atomic mass is 32.1. The highest BCUT2D eigenvalue weighted by molar-refractivity contribution is 7.18. The van der Waals surface area contributed by atoms with Gasteiger partial charge in [-0.3, -0.25) is 4.79 Å². The van der Waals surface area contributed by atoms with Crippen molar-refractivity contribution >= 4 is 28.2 Å². The molecule has 21 heavy (non-hydrogen) atoms. The lowest BCUT2D eigenvalue weighted by atomic mass is 10.3. The molecule has 118 valence electrons. The predicted molar refractivity (Wildman–Crippen MR) is 87.9 cm³/mol. The van der Waals surface area contributed by atoms with Gasteiger partial charge in [-0.25, -0.2) is 4.98 Å². The quantitative estimate of drug-likeness (QED) is 0.637. The van der Waals surface area contributed by atoms with Crippen molar-refractivity contribution < 1.29 is 4.79 Å². The van der Waals surface area contributed by atoms with Crippen LogP contribution >= 0.6 is 11.3 Å². The van der Waals surface area contributed by atoms with Crippen molar-refractivity contribution in [2.24, 2.45) is 0 Å². The third-order valence-electron chi connectivity index (χ3n) is 3.62. The normalized spacial score (nSPS) is 14.7. The van der Waals surface area contributed by atoms with Crippen molar-refractivity contribution in [1.82, 2.24) is 15.2 Å². The number of rotatable bonds is 8. The molecule has 0 aliphatic heterocycles. The molecule has 1 aliphatic carbocycles.